The first-order chi connectivity index (χ1) is 14.7. The van der Waals surface area contributed by atoms with Gasteiger partial charge in [0.05, 0.1) is 19.4 Å². The smallest absolute Gasteiger partial charge is 0.228 e. The van der Waals surface area contributed by atoms with Crippen molar-refractivity contribution < 1.29 is 14.3 Å². The first-order valence-corrected chi connectivity index (χ1v) is 10.8. The van der Waals surface area contributed by atoms with Crippen molar-refractivity contribution in [3.05, 3.63) is 46.9 Å². The van der Waals surface area contributed by atoms with Crippen LogP contribution in [-0.4, -0.2) is 61.2 Å². The van der Waals surface area contributed by atoms with E-state index in [-0.39, 0.29) is 11.3 Å². The molecule has 1 saturated heterocycles. The number of nitrogens with zero attached hydrogens (tertiary/aromatic N) is 4. The number of amides is 1. The number of piperazine rings is 1. The lowest BCUT2D eigenvalue weighted by atomic mass is 9.94. The molecule has 0 radical (unpaired) electrons. The Balaban J connectivity index is 1.88. The molecule has 31 heavy (non-hydrogen) atoms. The van der Waals surface area contributed by atoms with Gasteiger partial charge in [-0.05, 0) is 24.6 Å². The van der Waals surface area contributed by atoms with Crippen LogP contribution in [-0.2, 0) is 22.6 Å². The van der Waals surface area contributed by atoms with E-state index < -0.39 is 0 Å². The van der Waals surface area contributed by atoms with Crippen molar-refractivity contribution in [2.24, 2.45) is 5.41 Å². The molecular formula is C24H34N4O3. The molecular weight excluding hydrogens is 392 g/mol. The molecule has 0 saturated carbocycles. The Hall–Kier alpha value is -2.67. The van der Waals surface area contributed by atoms with Crippen LogP contribution in [0.15, 0.2) is 24.3 Å². The average Bonchev–Trinajstić information content (AvgIpc) is 2.75. The van der Waals surface area contributed by atoms with Crippen LogP contribution in [0.3, 0.4) is 0 Å². The zero-order chi connectivity index (χ0) is 22.6. The molecule has 0 unspecified atom stereocenters. The molecule has 3 rings (SSSR count). The van der Waals surface area contributed by atoms with E-state index in [2.05, 4.69) is 22.0 Å². The monoisotopic (exact) mass is 426 g/mol. The summed E-state index contributed by atoms with van der Waals surface area (Å²) < 4.78 is 10.7. The average molecular weight is 427 g/mol. The predicted molar refractivity (Wildman–Crippen MR) is 122 cm³/mol. The van der Waals surface area contributed by atoms with Crippen LogP contribution >= 0.6 is 0 Å². The van der Waals surface area contributed by atoms with E-state index in [1.807, 2.05) is 44.7 Å². The summed E-state index contributed by atoms with van der Waals surface area (Å²) in [5.74, 6) is 2.71. The summed E-state index contributed by atoms with van der Waals surface area (Å²) in [5, 5.41) is 0. The summed E-state index contributed by atoms with van der Waals surface area (Å²) in [4.78, 5) is 26.4. The molecule has 1 aliphatic heterocycles. The Labute approximate surface area is 185 Å². The minimum absolute atomic E-state index is 0.199. The van der Waals surface area contributed by atoms with E-state index in [0.717, 1.165) is 47.3 Å². The molecule has 0 bridgehead atoms. The van der Waals surface area contributed by atoms with E-state index in [1.165, 1.54) is 0 Å². The van der Waals surface area contributed by atoms with Gasteiger partial charge < -0.3 is 19.3 Å². The Bertz CT molecular complexity index is 898. The van der Waals surface area contributed by atoms with Crippen molar-refractivity contribution in [2.75, 3.05) is 45.3 Å². The predicted octanol–water partition coefficient (Wildman–Crippen LogP) is 3.23. The topological polar surface area (TPSA) is 67.8 Å². The summed E-state index contributed by atoms with van der Waals surface area (Å²) in [6, 6.07) is 8.08. The first-order valence-electron chi connectivity index (χ1n) is 10.8. The lowest BCUT2D eigenvalue weighted by molar-refractivity contribution is -0.139. The fourth-order valence-corrected chi connectivity index (χ4v) is 3.88. The van der Waals surface area contributed by atoms with E-state index in [9.17, 15) is 4.79 Å². The molecule has 0 aliphatic carbocycles. The number of rotatable bonds is 6. The molecule has 1 amide bonds. The van der Waals surface area contributed by atoms with Crippen molar-refractivity contribution in [3.63, 3.8) is 0 Å². The normalized spacial score (nSPS) is 14.6. The Morgan fingerprint density at radius 1 is 1.03 bits per heavy atom. The number of methoxy groups -OCH3 is 2. The second-order valence-electron chi connectivity index (χ2n) is 9.01. The quantitative estimate of drug-likeness (QED) is 0.707. The standard InChI is InChI=1S/C24H34N4O3/c1-17-25-21(16-30-5)20(15-18-7-9-19(31-6)10-8-18)22(26-17)27-11-13-28(14-12-27)23(29)24(2,3)4/h7-10H,11-16H2,1-6H3. The summed E-state index contributed by atoms with van der Waals surface area (Å²) in [5.41, 5.74) is 2.79. The van der Waals surface area contributed by atoms with Crippen LogP contribution in [0.4, 0.5) is 5.82 Å². The maximum Gasteiger partial charge on any atom is 0.228 e. The summed E-state index contributed by atoms with van der Waals surface area (Å²) in [6.07, 6.45) is 0.708. The van der Waals surface area contributed by atoms with Crippen molar-refractivity contribution in [1.29, 1.82) is 0 Å². The number of benzene rings is 1. The lowest BCUT2D eigenvalue weighted by Crippen LogP contribution is -2.52. The molecule has 1 aromatic heterocycles. The van der Waals surface area contributed by atoms with Gasteiger partial charge in [0, 0.05) is 50.7 Å². The Morgan fingerprint density at radius 2 is 1.68 bits per heavy atom. The maximum atomic E-state index is 12.7. The van der Waals surface area contributed by atoms with Gasteiger partial charge in [0.2, 0.25) is 5.91 Å². The highest BCUT2D eigenvalue weighted by Crippen LogP contribution is 2.27. The highest BCUT2D eigenvalue weighted by molar-refractivity contribution is 5.81. The molecule has 2 aromatic rings. The second kappa shape index (κ2) is 9.64. The molecule has 1 fully saturated rings. The van der Waals surface area contributed by atoms with E-state index in [4.69, 9.17) is 14.5 Å². The second-order valence-corrected chi connectivity index (χ2v) is 9.01. The summed E-state index contributed by atoms with van der Waals surface area (Å²) in [7, 11) is 3.35. The van der Waals surface area contributed by atoms with Gasteiger partial charge in [-0.25, -0.2) is 9.97 Å². The van der Waals surface area contributed by atoms with Gasteiger partial charge >= 0.3 is 0 Å². The molecule has 7 heteroatoms. The number of hydrogen-bond acceptors (Lipinski definition) is 6. The molecule has 1 aromatic carbocycles. The highest BCUT2D eigenvalue weighted by atomic mass is 16.5. The van der Waals surface area contributed by atoms with E-state index in [1.54, 1.807) is 14.2 Å². The van der Waals surface area contributed by atoms with Gasteiger partial charge in [0.1, 0.15) is 17.4 Å². The van der Waals surface area contributed by atoms with Gasteiger partial charge in [0.15, 0.2) is 0 Å². The number of hydrogen-bond donors (Lipinski definition) is 0. The van der Waals surface area contributed by atoms with Gasteiger partial charge in [-0.3, -0.25) is 4.79 Å². The third-order valence-corrected chi connectivity index (χ3v) is 5.51. The first kappa shape index (κ1) is 23.0. The fraction of sp³-hybridized carbons (Fsp3) is 0.542. The molecule has 1 aliphatic rings. The Kier molecular flexibility index (Phi) is 7.15. The zero-order valence-electron chi connectivity index (χ0n) is 19.6. The summed E-state index contributed by atoms with van der Waals surface area (Å²) in [6.45, 7) is 11.2. The van der Waals surface area contributed by atoms with E-state index in [0.29, 0.717) is 26.1 Å². The van der Waals surface area contributed by atoms with Crippen LogP contribution in [0.25, 0.3) is 0 Å². The van der Waals surface area contributed by atoms with Crippen LogP contribution in [0, 0.1) is 12.3 Å². The van der Waals surface area contributed by atoms with Gasteiger partial charge in [0.25, 0.3) is 0 Å². The maximum absolute atomic E-state index is 12.7. The van der Waals surface area contributed by atoms with Gasteiger partial charge in [-0.1, -0.05) is 32.9 Å². The number of aryl methyl sites for hydroxylation is 1. The SMILES string of the molecule is COCc1nc(C)nc(N2CCN(C(=O)C(C)(C)C)CC2)c1Cc1ccc(OC)cc1. The van der Waals surface area contributed by atoms with Crippen molar-refractivity contribution >= 4 is 11.7 Å². The van der Waals surface area contributed by atoms with Crippen LogP contribution in [0.1, 0.15) is 43.4 Å². The van der Waals surface area contributed by atoms with Crippen LogP contribution < -0.4 is 9.64 Å². The largest absolute Gasteiger partial charge is 0.497 e. The molecule has 0 N–H and O–H groups in total. The number of anilines is 1. The van der Waals surface area contributed by atoms with E-state index >= 15 is 0 Å². The number of carbonyl (C=O) groups is 1. The molecule has 168 valence electrons. The molecule has 7 nitrogen and oxygen atoms in total. The van der Waals surface area contributed by atoms with Crippen molar-refractivity contribution in [1.82, 2.24) is 14.9 Å². The van der Waals surface area contributed by atoms with Gasteiger partial charge in [-0.15, -0.1) is 0 Å². The van der Waals surface area contributed by atoms with Crippen LogP contribution in [0.5, 0.6) is 5.75 Å². The molecule has 0 spiro atoms. The third kappa shape index (κ3) is 5.53. The number of carbonyl (C=O) groups excluding carboxylic acids is 1. The lowest BCUT2D eigenvalue weighted by Gasteiger charge is -2.39. The fourth-order valence-electron chi connectivity index (χ4n) is 3.88. The van der Waals surface area contributed by atoms with Crippen LogP contribution in [0.2, 0.25) is 0 Å². The summed E-state index contributed by atoms with van der Waals surface area (Å²) >= 11 is 0. The van der Waals surface area contributed by atoms with Crippen molar-refractivity contribution in [2.45, 2.75) is 40.7 Å². The number of ether oxygens (including phenoxy) is 2. The van der Waals surface area contributed by atoms with Gasteiger partial charge in [-0.2, -0.15) is 0 Å². The third-order valence-electron chi connectivity index (χ3n) is 5.51. The zero-order valence-corrected chi connectivity index (χ0v) is 19.6. The minimum atomic E-state index is -0.362. The minimum Gasteiger partial charge on any atom is -0.497 e. The molecule has 2 heterocycles. The molecule has 0 atom stereocenters. The Morgan fingerprint density at radius 3 is 2.23 bits per heavy atom. The number of aromatic nitrogens is 2. The highest BCUT2D eigenvalue weighted by Gasteiger charge is 2.31. The van der Waals surface area contributed by atoms with Crippen molar-refractivity contribution in [3.8, 4) is 5.75 Å².